The summed E-state index contributed by atoms with van der Waals surface area (Å²) in [6.07, 6.45) is 5.31. The molecule has 0 amide bonds. The highest BCUT2D eigenvalue weighted by atomic mass is 35.5. The van der Waals surface area contributed by atoms with E-state index >= 15 is 0 Å². The molecule has 2 atom stereocenters. The van der Waals surface area contributed by atoms with E-state index in [-0.39, 0.29) is 23.2 Å². The maximum atomic E-state index is 12.6. The lowest BCUT2D eigenvalue weighted by Crippen LogP contribution is -2.37. The summed E-state index contributed by atoms with van der Waals surface area (Å²) in [6, 6.07) is 19.1. The van der Waals surface area contributed by atoms with Crippen LogP contribution >= 0.6 is 12.4 Å². The maximum absolute atomic E-state index is 12.6. The number of aromatic nitrogens is 2. The zero-order valence-electron chi connectivity index (χ0n) is 18.0. The van der Waals surface area contributed by atoms with Crippen molar-refractivity contribution in [2.75, 3.05) is 12.8 Å². The highest BCUT2D eigenvalue weighted by molar-refractivity contribution is 7.91. The summed E-state index contributed by atoms with van der Waals surface area (Å²) < 4.78 is 26.8. The number of aryl methyl sites for hydroxylation is 3. The molecule has 5 nitrogen and oxygen atoms in total. The molecule has 1 N–H and O–H groups in total. The van der Waals surface area contributed by atoms with Gasteiger partial charge in [0.25, 0.3) is 0 Å². The average Bonchev–Trinajstić information content (AvgIpc) is 3.21. The number of hydrogen-bond donors (Lipinski definition) is 1. The molecular weight excluding hydrogens is 430 g/mol. The lowest BCUT2D eigenvalue weighted by Gasteiger charge is -2.34. The van der Waals surface area contributed by atoms with Gasteiger partial charge in [-0.05, 0) is 61.1 Å². The van der Waals surface area contributed by atoms with Gasteiger partial charge in [0, 0.05) is 25.2 Å². The van der Waals surface area contributed by atoms with Crippen molar-refractivity contribution >= 4 is 22.2 Å². The van der Waals surface area contributed by atoms with Gasteiger partial charge >= 0.3 is 0 Å². The second-order valence-electron chi connectivity index (χ2n) is 8.16. The van der Waals surface area contributed by atoms with E-state index in [9.17, 15) is 8.42 Å². The molecule has 1 aromatic heterocycles. The van der Waals surface area contributed by atoms with Crippen LogP contribution in [0.2, 0.25) is 0 Å². The molecule has 31 heavy (non-hydrogen) atoms. The third-order valence-corrected chi connectivity index (χ3v) is 7.75. The van der Waals surface area contributed by atoms with Gasteiger partial charge < -0.3 is 5.32 Å². The highest BCUT2D eigenvalue weighted by Gasteiger charge is 2.29. The van der Waals surface area contributed by atoms with Crippen molar-refractivity contribution in [2.45, 2.75) is 42.7 Å². The van der Waals surface area contributed by atoms with E-state index in [1.54, 1.807) is 19.3 Å². The topological polar surface area (TPSA) is 64.0 Å². The normalized spacial score (nSPS) is 18.3. The fourth-order valence-corrected chi connectivity index (χ4v) is 5.72. The fourth-order valence-electron chi connectivity index (χ4n) is 4.48. The largest absolute Gasteiger partial charge is 0.316 e. The molecule has 0 radical (unpaired) electrons. The first-order chi connectivity index (χ1) is 14.5. The highest BCUT2D eigenvalue weighted by Crippen LogP contribution is 2.35. The SMILES string of the molecule is CNC1CCc2ccc(CCS(=O)(=O)c3ccn(C)n3)cc2C1Cc1ccccc1.Cl. The smallest absolute Gasteiger partial charge is 0.197 e. The van der Waals surface area contributed by atoms with Gasteiger partial charge in [0.15, 0.2) is 14.9 Å². The van der Waals surface area contributed by atoms with Gasteiger partial charge in [-0.3, -0.25) is 4.68 Å². The van der Waals surface area contributed by atoms with Crippen molar-refractivity contribution in [1.82, 2.24) is 15.1 Å². The molecule has 166 valence electrons. The van der Waals surface area contributed by atoms with Crippen molar-refractivity contribution in [3.8, 4) is 0 Å². The molecule has 2 aromatic carbocycles. The molecule has 1 heterocycles. The summed E-state index contributed by atoms with van der Waals surface area (Å²) in [5, 5.41) is 7.73. The van der Waals surface area contributed by atoms with Crippen LogP contribution in [0.25, 0.3) is 0 Å². The average molecular weight is 460 g/mol. The molecule has 0 aliphatic heterocycles. The van der Waals surface area contributed by atoms with E-state index in [1.807, 2.05) is 13.1 Å². The molecule has 0 bridgehead atoms. The summed E-state index contributed by atoms with van der Waals surface area (Å²) in [5.74, 6) is 0.454. The van der Waals surface area contributed by atoms with Crippen LogP contribution in [0.4, 0.5) is 0 Å². The number of hydrogen-bond acceptors (Lipinski definition) is 4. The number of nitrogens with zero attached hydrogens (tertiary/aromatic N) is 2. The zero-order chi connectivity index (χ0) is 21.1. The van der Waals surface area contributed by atoms with Crippen LogP contribution in [0.5, 0.6) is 0 Å². The Labute approximate surface area is 191 Å². The first-order valence-electron chi connectivity index (χ1n) is 10.5. The second kappa shape index (κ2) is 9.98. The Hall–Kier alpha value is -2.15. The Kier molecular flexibility index (Phi) is 7.57. The van der Waals surface area contributed by atoms with Crippen LogP contribution in [-0.4, -0.2) is 37.0 Å². The minimum absolute atomic E-state index is 0. The molecule has 0 saturated carbocycles. The molecule has 0 saturated heterocycles. The molecule has 7 heteroatoms. The first-order valence-corrected chi connectivity index (χ1v) is 12.2. The van der Waals surface area contributed by atoms with E-state index in [4.69, 9.17) is 0 Å². The quantitative estimate of drug-likeness (QED) is 0.584. The van der Waals surface area contributed by atoms with Gasteiger partial charge in [-0.2, -0.15) is 5.10 Å². The van der Waals surface area contributed by atoms with Gasteiger partial charge in [0.2, 0.25) is 0 Å². The third-order valence-electron chi connectivity index (χ3n) is 6.16. The minimum Gasteiger partial charge on any atom is -0.316 e. The predicted octanol–water partition coefficient (Wildman–Crippen LogP) is 3.72. The van der Waals surface area contributed by atoms with Crippen molar-refractivity contribution in [1.29, 1.82) is 0 Å². The number of rotatable bonds is 7. The van der Waals surface area contributed by atoms with Crippen LogP contribution in [0.3, 0.4) is 0 Å². The van der Waals surface area contributed by atoms with Gasteiger partial charge in [0.05, 0.1) is 5.75 Å². The molecule has 4 rings (SSSR count). The monoisotopic (exact) mass is 459 g/mol. The Bertz CT molecular complexity index is 1110. The molecule has 1 aliphatic carbocycles. The Morgan fingerprint density at radius 2 is 1.87 bits per heavy atom. The third kappa shape index (κ3) is 5.37. The summed E-state index contributed by atoms with van der Waals surface area (Å²) in [6.45, 7) is 0. The number of fused-ring (bicyclic) bond motifs is 1. The second-order valence-corrected chi connectivity index (χ2v) is 10.2. The van der Waals surface area contributed by atoms with Crippen LogP contribution in [-0.2, 0) is 36.1 Å². The minimum atomic E-state index is -3.38. The molecule has 3 aromatic rings. The number of halogens is 1. The fraction of sp³-hybridized carbons (Fsp3) is 0.375. The Balaban J connectivity index is 0.00000272. The lowest BCUT2D eigenvalue weighted by atomic mass is 9.75. The van der Waals surface area contributed by atoms with Crippen molar-refractivity contribution < 1.29 is 8.42 Å². The van der Waals surface area contributed by atoms with E-state index in [0.717, 1.165) is 24.8 Å². The molecule has 2 unspecified atom stereocenters. The van der Waals surface area contributed by atoms with Crippen molar-refractivity contribution in [3.05, 3.63) is 83.0 Å². The summed E-state index contributed by atoms with van der Waals surface area (Å²) in [4.78, 5) is 0. The van der Waals surface area contributed by atoms with E-state index in [0.29, 0.717) is 18.4 Å². The molecular formula is C24H30ClN3O2S. The van der Waals surface area contributed by atoms with Crippen molar-refractivity contribution in [3.63, 3.8) is 0 Å². The van der Waals surface area contributed by atoms with E-state index in [1.165, 1.54) is 21.4 Å². The van der Waals surface area contributed by atoms with Gasteiger partial charge in [-0.25, -0.2) is 8.42 Å². The molecule has 1 aliphatic rings. The van der Waals surface area contributed by atoms with Gasteiger partial charge in [-0.1, -0.05) is 48.5 Å². The predicted molar refractivity (Wildman–Crippen MR) is 127 cm³/mol. The maximum Gasteiger partial charge on any atom is 0.197 e. The molecule has 0 spiro atoms. The standard InChI is InChI=1S/C24H29N3O2S.ClH/c1-25-23-11-10-20-9-8-19(13-15-30(28,29)24-12-14-27(2)26-24)16-21(20)22(23)17-18-6-4-3-5-7-18;/h3-9,12,14,16,22-23,25H,10-11,13,15,17H2,1-2H3;1H. The Morgan fingerprint density at radius 1 is 1.10 bits per heavy atom. The summed E-state index contributed by atoms with van der Waals surface area (Å²) in [7, 11) is 0.388. The van der Waals surface area contributed by atoms with Crippen molar-refractivity contribution in [2.24, 2.45) is 7.05 Å². The number of nitrogens with one attached hydrogen (secondary N) is 1. The first kappa shape index (κ1) is 23.5. The number of likely N-dealkylation sites (N-methyl/N-ethyl adjacent to an activating group) is 1. The van der Waals surface area contributed by atoms with Crippen LogP contribution in [0.1, 0.15) is 34.6 Å². The zero-order valence-corrected chi connectivity index (χ0v) is 19.6. The van der Waals surface area contributed by atoms with Gasteiger partial charge in [0.1, 0.15) is 0 Å². The van der Waals surface area contributed by atoms with Gasteiger partial charge in [-0.15, -0.1) is 12.4 Å². The Morgan fingerprint density at radius 3 is 2.55 bits per heavy atom. The van der Waals surface area contributed by atoms with Crippen LogP contribution in [0.15, 0.2) is 65.8 Å². The summed E-state index contributed by atoms with van der Waals surface area (Å²) in [5.41, 5.74) is 5.15. The van der Waals surface area contributed by atoms with Crippen LogP contribution in [0, 0.1) is 0 Å². The number of sulfone groups is 1. The van der Waals surface area contributed by atoms with E-state index in [2.05, 4.69) is 52.9 Å². The lowest BCUT2D eigenvalue weighted by molar-refractivity contribution is 0.409. The van der Waals surface area contributed by atoms with Crippen LogP contribution < -0.4 is 5.32 Å². The summed E-state index contributed by atoms with van der Waals surface area (Å²) >= 11 is 0. The number of benzene rings is 2. The molecule has 0 fully saturated rings. The van der Waals surface area contributed by atoms with E-state index < -0.39 is 9.84 Å².